The molecule has 0 amide bonds. The van der Waals surface area contributed by atoms with Crippen molar-refractivity contribution in [3.63, 3.8) is 0 Å². The number of rotatable bonds is 7. The van der Waals surface area contributed by atoms with E-state index in [4.69, 9.17) is 5.11 Å². The fourth-order valence-corrected chi connectivity index (χ4v) is 4.79. The number of unbranched alkanes of at least 4 members (excludes halogenated alkanes) is 2. The molecule has 130 valence electrons. The Labute approximate surface area is 146 Å². The van der Waals surface area contributed by atoms with Crippen molar-refractivity contribution in [2.45, 2.75) is 58.8 Å². The highest BCUT2D eigenvalue weighted by Crippen LogP contribution is 2.39. The average Bonchev–Trinajstić information content (AvgIpc) is 2.87. The Hall–Kier alpha value is -1.69. The highest BCUT2D eigenvalue weighted by Gasteiger charge is 2.23. The molecule has 5 nitrogen and oxygen atoms in total. The first-order valence-electron chi connectivity index (χ1n) is 8.79. The topological polar surface area (TPSA) is 75.1 Å². The summed E-state index contributed by atoms with van der Waals surface area (Å²) < 4.78 is 0. The number of hydrogen-bond donors (Lipinski definition) is 2. The molecule has 0 spiro atoms. The molecule has 0 saturated carbocycles. The predicted octanol–water partition coefficient (Wildman–Crippen LogP) is 4.18. The number of aromatic nitrogens is 2. The van der Waals surface area contributed by atoms with Crippen molar-refractivity contribution in [2.24, 2.45) is 5.92 Å². The van der Waals surface area contributed by atoms with Crippen molar-refractivity contribution in [1.29, 1.82) is 0 Å². The number of carboxylic acid groups (broad SMARTS) is 1. The van der Waals surface area contributed by atoms with Crippen LogP contribution in [0.3, 0.4) is 0 Å². The van der Waals surface area contributed by atoms with E-state index in [9.17, 15) is 4.79 Å². The highest BCUT2D eigenvalue weighted by atomic mass is 32.1. The summed E-state index contributed by atoms with van der Waals surface area (Å²) in [6.45, 7) is 5.09. The fourth-order valence-electron chi connectivity index (χ4n) is 3.36. The third kappa shape index (κ3) is 3.86. The van der Waals surface area contributed by atoms with Crippen molar-refractivity contribution in [2.75, 3.05) is 11.9 Å². The Morgan fingerprint density at radius 3 is 2.96 bits per heavy atom. The number of aliphatic carboxylic acids is 1. The average molecular weight is 347 g/mol. The first kappa shape index (κ1) is 17.1. The van der Waals surface area contributed by atoms with E-state index < -0.39 is 5.97 Å². The van der Waals surface area contributed by atoms with Crippen LogP contribution < -0.4 is 5.32 Å². The third-order valence-corrected chi connectivity index (χ3v) is 5.77. The molecule has 0 fully saturated rings. The van der Waals surface area contributed by atoms with Gasteiger partial charge in [-0.1, -0.05) is 13.3 Å². The number of fused-ring (bicyclic) bond motifs is 3. The molecule has 2 heterocycles. The lowest BCUT2D eigenvalue weighted by Crippen LogP contribution is -2.10. The number of nitrogens with one attached hydrogen (secondary N) is 1. The Morgan fingerprint density at radius 1 is 1.33 bits per heavy atom. The van der Waals surface area contributed by atoms with Gasteiger partial charge in [-0.2, -0.15) is 0 Å². The summed E-state index contributed by atoms with van der Waals surface area (Å²) in [5, 5.41) is 13.4. The van der Waals surface area contributed by atoms with Gasteiger partial charge in [-0.15, -0.1) is 11.3 Å². The van der Waals surface area contributed by atoms with E-state index in [1.807, 2.05) is 18.3 Å². The molecule has 6 heteroatoms. The fraction of sp³-hybridized carbons (Fsp3) is 0.611. The molecule has 24 heavy (non-hydrogen) atoms. The second-order valence-electron chi connectivity index (χ2n) is 6.78. The van der Waals surface area contributed by atoms with Crippen LogP contribution in [-0.4, -0.2) is 27.6 Å². The predicted molar refractivity (Wildman–Crippen MR) is 97.9 cm³/mol. The minimum Gasteiger partial charge on any atom is -0.481 e. The van der Waals surface area contributed by atoms with Gasteiger partial charge in [0, 0.05) is 17.8 Å². The van der Waals surface area contributed by atoms with Crippen LogP contribution in [0.5, 0.6) is 0 Å². The summed E-state index contributed by atoms with van der Waals surface area (Å²) in [5.74, 6) is 1.81. The lowest BCUT2D eigenvalue weighted by molar-refractivity contribution is -0.137. The zero-order chi connectivity index (χ0) is 17.1. The molecule has 1 unspecified atom stereocenters. The molecule has 0 aromatic carbocycles. The number of aryl methyl sites for hydroxylation is 2. The molecule has 0 bridgehead atoms. The standard InChI is InChI=1S/C18H25N3O2S/c1-11-7-8-13-14(10-11)24-18-16(13)17(20-12(2)21-18)19-9-5-3-4-6-15(22)23/h11H,3-10H2,1-2H3,(H,22,23)(H,19,20,21). The molecular formula is C18H25N3O2S. The van der Waals surface area contributed by atoms with Crippen LogP contribution >= 0.6 is 11.3 Å². The molecule has 3 rings (SSSR count). The normalized spacial score (nSPS) is 17.0. The summed E-state index contributed by atoms with van der Waals surface area (Å²) in [7, 11) is 0. The van der Waals surface area contributed by atoms with Crippen molar-refractivity contribution >= 4 is 33.3 Å². The SMILES string of the molecule is Cc1nc(NCCCCCC(=O)O)c2c3c(sc2n1)CC(C)CC3. The van der Waals surface area contributed by atoms with E-state index >= 15 is 0 Å². The lowest BCUT2D eigenvalue weighted by Gasteiger charge is -2.18. The number of thiophene rings is 1. The second kappa shape index (κ2) is 7.47. The largest absolute Gasteiger partial charge is 0.481 e. The van der Waals surface area contributed by atoms with Crippen LogP contribution in [0.1, 0.15) is 55.3 Å². The van der Waals surface area contributed by atoms with Crippen LogP contribution in [-0.2, 0) is 17.6 Å². The Bertz CT molecular complexity index is 741. The smallest absolute Gasteiger partial charge is 0.303 e. The van der Waals surface area contributed by atoms with E-state index in [2.05, 4.69) is 22.2 Å². The van der Waals surface area contributed by atoms with Crippen LogP contribution in [0, 0.1) is 12.8 Å². The van der Waals surface area contributed by atoms with Crippen molar-refractivity contribution in [1.82, 2.24) is 9.97 Å². The maximum absolute atomic E-state index is 10.5. The quantitative estimate of drug-likeness (QED) is 0.735. The summed E-state index contributed by atoms with van der Waals surface area (Å²) in [6, 6.07) is 0. The highest BCUT2D eigenvalue weighted by molar-refractivity contribution is 7.19. The van der Waals surface area contributed by atoms with E-state index in [0.717, 1.165) is 61.0 Å². The minimum atomic E-state index is -0.713. The van der Waals surface area contributed by atoms with Gasteiger partial charge >= 0.3 is 5.97 Å². The van der Waals surface area contributed by atoms with Gasteiger partial charge < -0.3 is 10.4 Å². The van der Waals surface area contributed by atoms with Gasteiger partial charge in [-0.3, -0.25) is 4.79 Å². The number of carbonyl (C=O) groups is 1. The van der Waals surface area contributed by atoms with E-state index in [1.54, 1.807) is 0 Å². The lowest BCUT2D eigenvalue weighted by atomic mass is 9.89. The first-order valence-corrected chi connectivity index (χ1v) is 9.60. The molecule has 1 aliphatic carbocycles. The third-order valence-electron chi connectivity index (χ3n) is 4.63. The maximum Gasteiger partial charge on any atom is 0.303 e. The Kier molecular flexibility index (Phi) is 5.33. The second-order valence-corrected chi connectivity index (χ2v) is 7.87. The van der Waals surface area contributed by atoms with Gasteiger partial charge in [0.2, 0.25) is 0 Å². The Morgan fingerprint density at radius 2 is 2.17 bits per heavy atom. The molecule has 0 radical (unpaired) electrons. The van der Waals surface area contributed by atoms with E-state index in [-0.39, 0.29) is 6.42 Å². The van der Waals surface area contributed by atoms with Gasteiger partial charge in [-0.25, -0.2) is 9.97 Å². The van der Waals surface area contributed by atoms with Gasteiger partial charge in [0.25, 0.3) is 0 Å². The molecular weight excluding hydrogens is 322 g/mol. The van der Waals surface area contributed by atoms with Crippen LogP contribution in [0.4, 0.5) is 5.82 Å². The molecule has 2 N–H and O–H groups in total. The molecule has 2 aromatic rings. The molecule has 1 atom stereocenters. The molecule has 2 aromatic heterocycles. The van der Waals surface area contributed by atoms with Gasteiger partial charge in [0.05, 0.1) is 5.39 Å². The van der Waals surface area contributed by atoms with Crippen LogP contribution in [0.25, 0.3) is 10.2 Å². The number of nitrogens with zero attached hydrogens (tertiary/aromatic N) is 2. The van der Waals surface area contributed by atoms with Crippen LogP contribution in [0.15, 0.2) is 0 Å². The summed E-state index contributed by atoms with van der Waals surface area (Å²) in [6.07, 6.45) is 6.39. The van der Waals surface area contributed by atoms with E-state index in [1.165, 1.54) is 22.2 Å². The number of carboxylic acids is 1. The Balaban J connectivity index is 1.72. The monoisotopic (exact) mass is 347 g/mol. The summed E-state index contributed by atoms with van der Waals surface area (Å²) in [5.41, 5.74) is 1.45. The molecule has 0 aliphatic heterocycles. The van der Waals surface area contributed by atoms with Crippen molar-refractivity contribution in [3.05, 3.63) is 16.3 Å². The molecule has 1 aliphatic rings. The summed E-state index contributed by atoms with van der Waals surface area (Å²) in [4.78, 5) is 22.4. The first-order chi connectivity index (χ1) is 11.5. The summed E-state index contributed by atoms with van der Waals surface area (Å²) >= 11 is 1.83. The number of hydrogen-bond acceptors (Lipinski definition) is 5. The number of anilines is 1. The van der Waals surface area contributed by atoms with Gasteiger partial charge in [0.1, 0.15) is 16.5 Å². The zero-order valence-electron chi connectivity index (χ0n) is 14.4. The van der Waals surface area contributed by atoms with Gasteiger partial charge in [-0.05, 0) is 50.5 Å². The maximum atomic E-state index is 10.5. The van der Waals surface area contributed by atoms with Gasteiger partial charge in [0.15, 0.2) is 0 Å². The zero-order valence-corrected chi connectivity index (χ0v) is 15.2. The van der Waals surface area contributed by atoms with Crippen LogP contribution in [0.2, 0.25) is 0 Å². The van der Waals surface area contributed by atoms with Crippen molar-refractivity contribution < 1.29 is 9.90 Å². The van der Waals surface area contributed by atoms with Crippen molar-refractivity contribution in [3.8, 4) is 0 Å². The van der Waals surface area contributed by atoms with E-state index in [0.29, 0.717) is 0 Å². The molecule has 0 saturated heterocycles. The minimum absolute atomic E-state index is 0.257.